The first-order valence-corrected chi connectivity index (χ1v) is 12.5. The molecule has 36 heavy (non-hydrogen) atoms. The molecule has 1 aromatic carbocycles. The molecule has 3 atom stereocenters. The van der Waals surface area contributed by atoms with Gasteiger partial charge in [0.15, 0.2) is 5.78 Å². The Morgan fingerprint density at radius 2 is 2.03 bits per heavy atom. The fourth-order valence-electron chi connectivity index (χ4n) is 5.32. The summed E-state index contributed by atoms with van der Waals surface area (Å²) in [5.74, 6) is -0.194. The number of allylic oxidation sites excluding steroid dienone is 2. The second kappa shape index (κ2) is 12.9. The highest BCUT2D eigenvalue weighted by atomic mass is 19.1. The highest BCUT2D eigenvalue weighted by Crippen LogP contribution is 2.37. The zero-order chi connectivity index (χ0) is 26.2. The number of benzene rings is 1. The van der Waals surface area contributed by atoms with Crippen LogP contribution >= 0.6 is 0 Å². The molecule has 0 amide bonds. The predicted molar refractivity (Wildman–Crippen MR) is 142 cm³/mol. The number of Topliss-reactive ketones (excluding diaryl/α,β-unsaturated/α-hetero) is 1. The van der Waals surface area contributed by atoms with E-state index in [0.717, 1.165) is 41.1 Å². The van der Waals surface area contributed by atoms with Crippen LogP contribution in [0.4, 0.5) is 4.39 Å². The molecule has 0 radical (unpaired) electrons. The van der Waals surface area contributed by atoms with Crippen LogP contribution in [0.3, 0.4) is 0 Å². The van der Waals surface area contributed by atoms with E-state index in [-0.39, 0.29) is 30.2 Å². The molecule has 2 heterocycles. The second-order valence-electron chi connectivity index (χ2n) is 9.52. The van der Waals surface area contributed by atoms with Gasteiger partial charge >= 0.3 is 0 Å². The molecule has 1 saturated heterocycles. The van der Waals surface area contributed by atoms with Gasteiger partial charge in [-0.3, -0.25) is 4.79 Å². The highest BCUT2D eigenvalue weighted by molar-refractivity contribution is 5.85. The van der Waals surface area contributed by atoms with Crippen LogP contribution in [-0.2, 0) is 16.1 Å². The lowest BCUT2D eigenvalue weighted by Crippen LogP contribution is -2.43. The molecular weight excluding hydrogens is 459 g/mol. The molecule has 0 spiro atoms. The first-order chi connectivity index (χ1) is 17.3. The molecule has 2 aliphatic rings. The van der Waals surface area contributed by atoms with Crippen LogP contribution in [0, 0.1) is 17.7 Å². The van der Waals surface area contributed by atoms with Crippen LogP contribution in [0.5, 0.6) is 0 Å². The number of carbonyl (C=O) groups excluding carboxylic acids is 1. The lowest BCUT2D eigenvalue weighted by Gasteiger charge is -2.34. The van der Waals surface area contributed by atoms with Crippen molar-refractivity contribution in [3.63, 3.8) is 0 Å². The number of hydrogen-bond donors (Lipinski definition) is 4. The maximum absolute atomic E-state index is 14.3. The number of ether oxygens (including phenoxy) is 1. The molecule has 0 bridgehead atoms. The predicted octanol–water partition coefficient (Wildman–Crippen LogP) is 1.82. The van der Waals surface area contributed by atoms with E-state index in [1.165, 1.54) is 18.3 Å². The van der Waals surface area contributed by atoms with E-state index in [1.54, 1.807) is 0 Å². The Balaban J connectivity index is 1.69. The molecule has 198 valence electrons. The minimum Gasteiger partial charge on any atom is -0.405 e. The number of hydrogen-bond acceptors (Lipinski definition) is 8. The van der Waals surface area contributed by atoms with E-state index < -0.39 is 0 Å². The third-order valence-electron chi connectivity index (χ3n) is 6.99. The van der Waals surface area contributed by atoms with Crippen LogP contribution in [0.25, 0.3) is 5.57 Å². The number of nitrogens with two attached hydrogens (primary N) is 1. The van der Waals surface area contributed by atoms with E-state index in [2.05, 4.69) is 25.8 Å². The molecule has 8 nitrogen and oxygen atoms in total. The quantitative estimate of drug-likeness (QED) is 0.345. The molecular formula is C27H41FN6O2. The zero-order valence-electron chi connectivity index (χ0n) is 22.1. The van der Waals surface area contributed by atoms with Crippen molar-refractivity contribution in [2.45, 2.75) is 26.1 Å². The van der Waals surface area contributed by atoms with E-state index >= 15 is 0 Å². The first kappa shape index (κ1) is 27.7. The van der Waals surface area contributed by atoms with E-state index in [1.807, 2.05) is 53.5 Å². The topological polar surface area (TPSA) is 94.9 Å². The summed E-state index contributed by atoms with van der Waals surface area (Å²) in [4.78, 5) is 17.6. The van der Waals surface area contributed by atoms with Crippen LogP contribution in [0.15, 0.2) is 48.1 Å². The maximum atomic E-state index is 14.3. The largest absolute Gasteiger partial charge is 0.405 e. The SMILES string of the molecule is CN/C=C(\CNC)c1cc(F)cc(CNCC(=O)C(C)C2=C(/C=C\N)N(C)C(C3CCOC3)N2C)c1. The third-order valence-corrected chi connectivity index (χ3v) is 6.99. The van der Waals surface area contributed by atoms with Gasteiger partial charge in [0.25, 0.3) is 0 Å². The summed E-state index contributed by atoms with van der Waals surface area (Å²) >= 11 is 0. The zero-order valence-corrected chi connectivity index (χ0v) is 22.1. The van der Waals surface area contributed by atoms with Gasteiger partial charge in [-0.2, -0.15) is 0 Å². The van der Waals surface area contributed by atoms with E-state index in [9.17, 15) is 9.18 Å². The average Bonchev–Trinajstić information content (AvgIpc) is 3.44. The monoisotopic (exact) mass is 500 g/mol. The number of nitrogens with one attached hydrogen (secondary N) is 3. The van der Waals surface area contributed by atoms with Crippen LogP contribution in [0.2, 0.25) is 0 Å². The van der Waals surface area contributed by atoms with Crippen molar-refractivity contribution < 1.29 is 13.9 Å². The van der Waals surface area contributed by atoms with Crippen molar-refractivity contribution in [3.05, 3.63) is 65.0 Å². The molecule has 0 aromatic heterocycles. The number of rotatable bonds is 12. The molecule has 5 N–H and O–H groups in total. The normalized spacial score (nSPS) is 21.7. The molecule has 3 unspecified atom stereocenters. The Hall–Kier alpha value is -2.88. The molecule has 3 rings (SSSR count). The number of likely N-dealkylation sites (N-methyl/N-ethyl adjacent to an activating group) is 2. The molecule has 1 aromatic rings. The maximum Gasteiger partial charge on any atom is 0.155 e. The van der Waals surface area contributed by atoms with Gasteiger partial charge in [-0.05, 0) is 67.6 Å². The van der Waals surface area contributed by atoms with Gasteiger partial charge in [0.05, 0.1) is 24.8 Å². The lowest BCUT2D eigenvalue weighted by molar-refractivity contribution is -0.121. The number of halogens is 1. The second-order valence-corrected chi connectivity index (χ2v) is 9.52. The Bertz CT molecular complexity index is 1000. The molecule has 2 aliphatic heterocycles. The minimum absolute atomic E-state index is 0.0686. The van der Waals surface area contributed by atoms with Crippen molar-refractivity contribution in [2.75, 3.05) is 54.5 Å². The van der Waals surface area contributed by atoms with Crippen LogP contribution < -0.4 is 21.7 Å². The highest BCUT2D eigenvalue weighted by Gasteiger charge is 2.41. The molecule has 1 fully saturated rings. The van der Waals surface area contributed by atoms with Gasteiger partial charge in [0.1, 0.15) is 12.0 Å². The Kier molecular flexibility index (Phi) is 9.92. The van der Waals surface area contributed by atoms with E-state index in [0.29, 0.717) is 25.6 Å². The number of nitrogens with zero attached hydrogens (tertiary/aromatic N) is 2. The van der Waals surface area contributed by atoms with Crippen LogP contribution in [0.1, 0.15) is 24.5 Å². The smallest absolute Gasteiger partial charge is 0.155 e. The molecule has 0 saturated carbocycles. The van der Waals surface area contributed by atoms with Gasteiger partial charge in [-0.15, -0.1) is 0 Å². The van der Waals surface area contributed by atoms with Crippen molar-refractivity contribution in [1.29, 1.82) is 0 Å². The number of carbonyl (C=O) groups is 1. The van der Waals surface area contributed by atoms with Crippen molar-refractivity contribution in [1.82, 2.24) is 25.8 Å². The summed E-state index contributed by atoms with van der Waals surface area (Å²) < 4.78 is 20.0. The Labute approximate surface area is 214 Å². The van der Waals surface area contributed by atoms with Gasteiger partial charge in [0, 0.05) is 58.7 Å². The lowest BCUT2D eigenvalue weighted by atomic mass is 9.99. The summed E-state index contributed by atoms with van der Waals surface area (Å²) in [6.45, 7) is 4.60. The Morgan fingerprint density at radius 1 is 1.25 bits per heavy atom. The van der Waals surface area contributed by atoms with Crippen LogP contribution in [-0.4, -0.2) is 76.2 Å². The Morgan fingerprint density at radius 3 is 2.67 bits per heavy atom. The summed E-state index contributed by atoms with van der Waals surface area (Å²) in [5, 5.41) is 9.33. The minimum atomic E-state index is -0.327. The van der Waals surface area contributed by atoms with Crippen molar-refractivity contribution >= 4 is 11.4 Å². The fourth-order valence-corrected chi connectivity index (χ4v) is 5.32. The average molecular weight is 501 g/mol. The first-order valence-electron chi connectivity index (χ1n) is 12.5. The summed E-state index contributed by atoms with van der Waals surface area (Å²) in [6, 6.07) is 4.97. The third kappa shape index (κ3) is 6.27. The van der Waals surface area contributed by atoms with Gasteiger partial charge in [0.2, 0.25) is 0 Å². The fraction of sp³-hybridized carbons (Fsp3) is 0.519. The number of ketones is 1. The van der Waals surface area contributed by atoms with Gasteiger partial charge < -0.3 is 36.2 Å². The summed E-state index contributed by atoms with van der Waals surface area (Å²) in [5.41, 5.74) is 10.2. The molecule has 0 aliphatic carbocycles. The summed E-state index contributed by atoms with van der Waals surface area (Å²) in [7, 11) is 7.76. The molecule has 9 heteroatoms. The standard InChI is InChI=1S/C27H41FN6O2/c1-18(26-24(6-8-29)33(4)27(34(26)5)20-7-9-36-17-20)25(35)16-32-13-19-10-21(12-23(28)11-19)22(14-30-2)15-31-3/h6,8,10-12,14,18,20,27,30-32H,7,9,13,15-17,29H2,1-5H3/b8-6-,22-14+. The van der Waals surface area contributed by atoms with E-state index in [4.69, 9.17) is 10.5 Å². The van der Waals surface area contributed by atoms with Crippen molar-refractivity contribution in [2.24, 2.45) is 17.6 Å². The summed E-state index contributed by atoms with van der Waals surface area (Å²) in [6.07, 6.45) is 6.36. The van der Waals surface area contributed by atoms with Gasteiger partial charge in [-0.25, -0.2) is 4.39 Å². The van der Waals surface area contributed by atoms with Crippen molar-refractivity contribution in [3.8, 4) is 0 Å². The van der Waals surface area contributed by atoms with Gasteiger partial charge in [-0.1, -0.05) is 0 Å².